The largest absolute Gasteiger partial charge is 0.372 e. The molecule has 0 unspecified atom stereocenters. The van der Waals surface area contributed by atoms with Crippen molar-refractivity contribution in [2.75, 3.05) is 18.5 Å². The molecular weight excluding hydrogens is 243 g/mol. The minimum absolute atomic E-state index is 0.405. The standard InChI is InChI=1S/C12H14Cl2N2/c1-12(2,7-15)8-16(3)11-5-4-9(13)6-10(11)14/h4-6H,8H2,1-3H3. The summed E-state index contributed by atoms with van der Waals surface area (Å²) in [4.78, 5) is 1.96. The van der Waals surface area contributed by atoms with Crippen LogP contribution in [0.2, 0.25) is 10.0 Å². The minimum atomic E-state index is -0.405. The molecule has 0 aliphatic carbocycles. The van der Waals surface area contributed by atoms with Crippen LogP contribution < -0.4 is 4.90 Å². The molecule has 2 nitrogen and oxygen atoms in total. The fourth-order valence-electron chi connectivity index (χ4n) is 1.50. The van der Waals surface area contributed by atoms with Crippen LogP contribution in [-0.4, -0.2) is 13.6 Å². The summed E-state index contributed by atoms with van der Waals surface area (Å²) in [6.45, 7) is 4.41. The van der Waals surface area contributed by atoms with E-state index in [2.05, 4.69) is 6.07 Å². The summed E-state index contributed by atoms with van der Waals surface area (Å²) in [5.74, 6) is 0. The van der Waals surface area contributed by atoms with E-state index in [4.69, 9.17) is 28.5 Å². The number of anilines is 1. The normalized spacial score (nSPS) is 11.0. The fourth-order valence-corrected chi connectivity index (χ4v) is 2.06. The van der Waals surface area contributed by atoms with Crippen LogP contribution >= 0.6 is 23.2 Å². The molecule has 0 aromatic heterocycles. The van der Waals surface area contributed by atoms with Crippen molar-refractivity contribution in [2.24, 2.45) is 5.41 Å². The van der Waals surface area contributed by atoms with Crippen molar-refractivity contribution < 1.29 is 0 Å². The van der Waals surface area contributed by atoms with Crippen LogP contribution in [-0.2, 0) is 0 Å². The van der Waals surface area contributed by atoms with Gasteiger partial charge in [-0.3, -0.25) is 0 Å². The zero-order valence-corrected chi connectivity index (χ0v) is 11.1. The van der Waals surface area contributed by atoms with Gasteiger partial charge >= 0.3 is 0 Å². The Hall–Kier alpha value is -0.910. The third-order valence-electron chi connectivity index (χ3n) is 2.26. The lowest BCUT2D eigenvalue weighted by molar-refractivity contribution is 0.497. The lowest BCUT2D eigenvalue weighted by atomic mass is 9.95. The van der Waals surface area contributed by atoms with Gasteiger partial charge in [0.1, 0.15) is 0 Å². The van der Waals surface area contributed by atoms with Gasteiger partial charge in [-0.25, -0.2) is 0 Å². The monoisotopic (exact) mass is 256 g/mol. The van der Waals surface area contributed by atoms with Crippen molar-refractivity contribution in [3.05, 3.63) is 28.2 Å². The Morgan fingerprint density at radius 2 is 2.00 bits per heavy atom. The van der Waals surface area contributed by atoms with Crippen LogP contribution in [0.15, 0.2) is 18.2 Å². The lowest BCUT2D eigenvalue weighted by Crippen LogP contribution is -2.30. The van der Waals surface area contributed by atoms with E-state index < -0.39 is 5.41 Å². The highest BCUT2D eigenvalue weighted by Crippen LogP contribution is 2.29. The number of nitrogens with zero attached hydrogens (tertiary/aromatic N) is 2. The van der Waals surface area contributed by atoms with Gasteiger partial charge in [-0.2, -0.15) is 5.26 Å². The topological polar surface area (TPSA) is 27.0 Å². The van der Waals surface area contributed by atoms with Gasteiger partial charge in [0.25, 0.3) is 0 Å². The molecule has 0 N–H and O–H groups in total. The Morgan fingerprint density at radius 1 is 1.38 bits per heavy atom. The molecule has 0 amide bonds. The molecule has 0 spiro atoms. The Labute approximate surface area is 106 Å². The molecule has 1 aromatic rings. The number of halogens is 2. The van der Waals surface area contributed by atoms with Gasteiger partial charge < -0.3 is 4.90 Å². The van der Waals surface area contributed by atoms with Crippen LogP contribution in [0.5, 0.6) is 0 Å². The first-order valence-electron chi connectivity index (χ1n) is 4.93. The Kier molecular flexibility index (Phi) is 4.07. The molecular formula is C12H14Cl2N2. The van der Waals surface area contributed by atoms with Crippen LogP contribution in [0.25, 0.3) is 0 Å². The average molecular weight is 257 g/mol. The van der Waals surface area contributed by atoms with Gasteiger partial charge in [-0.05, 0) is 32.0 Å². The zero-order valence-electron chi connectivity index (χ0n) is 9.59. The molecule has 0 fully saturated rings. The first-order chi connectivity index (χ1) is 7.35. The highest BCUT2D eigenvalue weighted by atomic mass is 35.5. The predicted molar refractivity (Wildman–Crippen MR) is 69.1 cm³/mol. The molecule has 1 rings (SSSR count). The third-order valence-corrected chi connectivity index (χ3v) is 2.79. The molecule has 0 bridgehead atoms. The molecule has 16 heavy (non-hydrogen) atoms. The molecule has 0 aliphatic rings. The van der Waals surface area contributed by atoms with E-state index in [9.17, 15) is 0 Å². The average Bonchev–Trinajstić information content (AvgIpc) is 2.16. The lowest BCUT2D eigenvalue weighted by Gasteiger charge is -2.27. The van der Waals surface area contributed by atoms with Gasteiger partial charge in [-0.1, -0.05) is 23.2 Å². The van der Waals surface area contributed by atoms with Gasteiger partial charge in [0.15, 0.2) is 0 Å². The second kappa shape index (κ2) is 4.95. The van der Waals surface area contributed by atoms with Crippen molar-refractivity contribution >= 4 is 28.9 Å². The van der Waals surface area contributed by atoms with Crippen molar-refractivity contribution in [1.29, 1.82) is 5.26 Å². The van der Waals surface area contributed by atoms with E-state index in [0.717, 1.165) is 5.69 Å². The first kappa shape index (κ1) is 13.2. The molecule has 86 valence electrons. The molecule has 0 atom stereocenters. The highest BCUT2D eigenvalue weighted by molar-refractivity contribution is 6.36. The predicted octanol–water partition coefficient (Wildman–Crippen LogP) is 3.98. The summed E-state index contributed by atoms with van der Waals surface area (Å²) in [6.07, 6.45) is 0. The summed E-state index contributed by atoms with van der Waals surface area (Å²) in [7, 11) is 1.91. The second-order valence-corrected chi connectivity index (χ2v) is 5.29. The maximum Gasteiger partial charge on any atom is 0.0702 e. The van der Waals surface area contributed by atoms with Gasteiger partial charge in [-0.15, -0.1) is 0 Å². The first-order valence-corrected chi connectivity index (χ1v) is 5.69. The van der Waals surface area contributed by atoms with Crippen LogP contribution in [0.1, 0.15) is 13.8 Å². The van der Waals surface area contributed by atoms with Crippen molar-refractivity contribution in [2.45, 2.75) is 13.8 Å². The maximum absolute atomic E-state index is 8.97. The minimum Gasteiger partial charge on any atom is -0.372 e. The summed E-state index contributed by atoms with van der Waals surface area (Å²) in [6, 6.07) is 7.61. The van der Waals surface area contributed by atoms with E-state index in [1.54, 1.807) is 12.1 Å². The highest BCUT2D eigenvalue weighted by Gasteiger charge is 2.20. The number of hydrogen-bond donors (Lipinski definition) is 0. The Balaban J connectivity index is 2.90. The van der Waals surface area contributed by atoms with Crippen LogP contribution in [0.4, 0.5) is 5.69 Å². The molecule has 0 aliphatic heterocycles. The van der Waals surface area contributed by atoms with E-state index in [-0.39, 0.29) is 0 Å². The van der Waals surface area contributed by atoms with Crippen molar-refractivity contribution in [3.8, 4) is 6.07 Å². The second-order valence-electron chi connectivity index (χ2n) is 4.45. The molecule has 0 heterocycles. The molecule has 4 heteroatoms. The van der Waals surface area contributed by atoms with E-state index in [0.29, 0.717) is 16.6 Å². The fraction of sp³-hybridized carbons (Fsp3) is 0.417. The number of hydrogen-bond acceptors (Lipinski definition) is 2. The van der Waals surface area contributed by atoms with Gasteiger partial charge in [0.2, 0.25) is 0 Å². The SMILES string of the molecule is CN(CC(C)(C)C#N)c1ccc(Cl)cc1Cl. The summed E-state index contributed by atoms with van der Waals surface area (Å²) in [5.41, 5.74) is 0.479. The van der Waals surface area contributed by atoms with Gasteiger partial charge in [0, 0.05) is 18.6 Å². The number of benzene rings is 1. The Morgan fingerprint density at radius 3 is 2.50 bits per heavy atom. The van der Waals surface area contributed by atoms with Crippen LogP contribution in [0.3, 0.4) is 0 Å². The van der Waals surface area contributed by atoms with Crippen LogP contribution in [0, 0.1) is 16.7 Å². The van der Waals surface area contributed by atoms with Crippen molar-refractivity contribution in [1.82, 2.24) is 0 Å². The summed E-state index contributed by atoms with van der Waals surface area (Å²) < 4.78 is 0. The zero-order chi connectivity index (χ0) is 12.3. The number of nitriles is 1. The number of rotatable bonds is 3. The van der Waals surface area contributed by atoms with Crippen molar-refractivity contribution in [3.63, 3.8) is 0 Å². The smallest absolute Gasteiger partial charge is 0.0702 e. The van der Waals surface area contributed by atoms with E-state index in [1.807, 2.05) is 31.9 Å². The summed E-state index contributed by atoms with van der Waals surface area (Å²) >= 11 is 11.9. The summed E-state index contributed by atoms with van der Waals surface area (Å²) in [5, 5.41) is 10.2. The molecule has 0 radical (unpaired) electrons. The quantitative estimate of drug-likeness (QED) is 0.818. The van der Waals surface area contributed by atoms with E-state index >= 15 is 0 Å². The molecule has 0 saturated carbocycles. The molecule has 0 saturated heterocycles. The van der Waals surface area contributed by atoms with E-state index in [1.165, 1.54) is 0 Å². The maximum atomic E-state index is 8.97. The molecule has 1 aromatic carbocycles. The Bertz CT molecular complexity index is 422. The van der Waals surface area contributed by atoms with Gasteiger partial charge in [0.05, 0.1) is 22.2 Å². The third kappa shape index (κ3) is 3.30.